The Morgan fingerprint density at radius 1 is 0.336 bits per heavy atom. The van der Waals surface area contributed by atoms with Crippen molar-refractivity contribution in [1.29, 1.82) is 0 Å². The molecule has 19 rings (SSSR count). The van der Waals surface area contributed by atoms with E-state index in [1.807, 2.05) is 88.4 Å². The average Bonchev–Trinajstić information content (AvgIpc) is 1.72. The van der Waals surface area contributed by atoms with Crippen LogP contribution < -0.4 is 56.8 Å². The Morgan fingerprint density at radius 2 is 0.620 bits per heavy atom. The Bertz CT molecular complexity index is 7150. The summed E-state index contributed by atoms with van der Waals surface area (Å²) in [5.41, 5.74) is 13.8. The summed E-state index contributed by atoms with van der Waals surface area (Å²) in [5.74, 6) is 14.9. The molecular weight excluding hydrogens is 1850 g/mol. The van der Waals surface area contributed by atoms with E-state index in [9.17, 15) is 34.4 Å². The van der Waals surface area contributed by atoms with Crippen molar-refractivity contribution in [2.24, 2.45) is 0 Å². The second-order valence-electron chi connectivity index (χ2n) is 33.0. The number of fused-ring (bicyclic) bond motifs is 4. The molecule has 4 unspecified atom stereocenters. The van der Waals surface area contributed by atoms with Gasteiger partial charge in [0.1, 0.15) is 141 Å². The van der Waals surface area contributed by atoms with Crippen molar-refractivity contribution < 1.29 is 91.2 Å². The molecule has 137 heavy (non-hydrogen) atoms. The van der Waals surface area contributed by atoms with Crippen LogP contribution in [0.5, 0.6) is 46.5 Å². The number of hydrogen-bond acceptors (Lipinski definition) is 28. The van der Waals surface area contributed by atoms with E-state index in [-0.39, 0.29) is 62.6 Å². The fourth-order valence-corrected chi connectivity index (χ4v) is 20.4. The summed E-state index contributed by atoms with van der Waals surface area (Å²) in [4.78, 5) is 52.1. The molecule has 32 nitrogen and oxygen atoms in total. The molecule has 12 heterocycles. The number of nitrogens with one attached hydrogen (secondary N) is 4. The van der Waals surface area contributed by atoms with E-state index in [4.69, 9.17) is 56.8 Å². The summed E-state index contributed by atoms with van der Waals surface area (Å²) in [6.07, 6.45) is 20.0. The highest BCUT2D eigenvalue weighted by Gasteiger charge is 2.33. The van der Waals surface area contributed by atoms with Gasteiger partial charge >= 0.3 is 0 Å². The summed E-state index contributed by atoms with van der Waals surface area (Å²) >= 11 is 0. The molecule has 716 valence electrons. The van der Waals surface area contributed by atoms with Gasteiger partial charge in [-0.3, -0.25) is 0 Å². The zero-order chi connectivity index (χ0) is 96.6. The number of methoxy groups -OCH3 is 4. The molecule has 14 aromatic rings. The van der Waals surface area contributed by atoms with Crippen molar-refractivity contribution in [2.45, 2.75) is 112 Å². The van der Waals surface area contributed by atoms with Crippen molar-refractivity contribution in [3.05, 3.63) is 205 Å². The van der Waals surface area contributed by atoms with E-state index in [0.29, 0.717) is 133 Å². The topological polar surface area (TPSA) is 382 Å². The summed E-state index contributed by atoms with van der Waals surface area (Å²) < 4.78 is 187. The van der Waals surface area contributed by atoms with E-state index >= 15 is 0 Å². The normalized spacial score (nSPS) is 17.6. The minimum absolute atomic E-state index is 0.0131. The van der Waals surface area contributed by atoms with Crippen LogP contribution in [-0.4, -0.2) is 217 Å². The maximum atomic E-state index is 14.4. The van der Waals surface area contributed by atoms with Crippen molar-refractivity contribution >= 4 is 129 Å². The Morgan fingerprint density at radius 3 is 0.898 bits per heavy atom. The number of halogens is 4. The van der Waals surface area contributed by atoms with Crippen molar-refractivity contribution in [3.63, 3.8) is 0 Å². The third-order valence-electron chi connectivity index (χ3n) is 22.8. The van der Waals surface area contributed by atoms with Gasteiger partial charge in [0, 0.05) is 167 Å². The standard InChI is InChI=1S/2C26H24F2N4O4S.C24H28N4O4S.C21H24N4O4S/c2*1-15-20-8-16(10-23(25(20)31-14-30-15)36-19-6-7-35-13-19)17-9-22(26(34-2)29-12-17)32-37(3,33)24-5-4-18(27)11-21(24)28;1-15-20-10-16(12-22(23(20)27-14-26-15)32-18-6-8-31-9-7-18)17-11-21(24(30-2)25-13-17)28-33(3,29)19-4-5-19;1-13-17-7-14(15-8-18(25-30(3,4)26)21(27-2)22-10-15)9-19(20(17)24-12-23-13)29-16-5-6-28-11-16/h2*4-5,8-12,14,19H,3,6-7,13H2,1-2H3,(H,32,33);10-14,18-19H,3-9H2,1-2H3,(H,28,29);7-10,12,16H,3,5-6,11H2,1-2,4H3,(H,25,26)/t2*19-,37?;;16-,30?/m10.1/s1. The van der Waals surface area contributed by atoms with Crippen LogP contribution in [-0.2, 0) is 57.8 Å². The average molecular weight is 1950 g/mol. The molecule has 1 aliphatic carbocycles. The van der Waals surface area contributed by atoms with E-state index in [1.165, 1.54) is 40.2 Å². The Hall–Kier alpha value is -13.5. The monoisotopic (exact) mass is 1950 g/mol. The predicted octanol–water partition coefficient (Wildman–Crippen LogP) is 15.7. The summed E-state index contributed by atoms with van der Waals surface area (Å²) in [6.45, 7) is 12.5. The minimum atomic E-state index is -3.43. The van der Waals surface area contributed by atoms with Gasteiger partial charge in [0.25, 0.3) is 0 Å². The number of rotatable bonds is 27. The molecule has 0 radical (unpaired) electrons. The van der Waals surface area contributed by atoms with Crippen LogP contribution in [0.3, 0.4) is 0 Å². The number of ether oxygens (including phenoxy) is 12. The van der Waals surface area contributed by atoms with Gasteiger partial charge in [0.05, 0.1) is 111 Å². The summed E-state index contributed by atoms with van der Waals surface area (Å²) in [6, 6.07) is 28.1. The highest BCUT2D eigenvalue weighted by molar-refractivity contribution is 8.02. The molecule has 4 aliphatic heterocycles. The van der Waals surface area contributed by atoms with Gasteiger partial charge in [-0.15, -0.1) is 0 Å². The molecular formula is C97H100F4N16O16S4. The number of anilines is 4. The molecule has 6 aromatic carbocycles. The van der Waals surface area contributed by atoms with Crippen molar-refractivity contribution in [2.75, 3.05) is 106 Å². The van der Waals surface area contributed by atoms with Gasteiger partial charge in [-0.25, -0.2) is 94.2 Å². The quantitative estimate of drug-likeness (QED) is 0.0274. The molecule has 0 bridgehead atoms. The Kier molecular flexibility index (Phi) is 29.4. The van der Waals surface area contributed by atoms with E-state index in [0.717, 1.165) is 158 Å². The van der Waals surface area contributed by atoms with Gasteiger partial charge < -0.3 is 75.7 Å². The van der Waals surface area contributed by atoms with Crippen LogP contribution in [0.4, 0.5) is 40.3 Å². The van der Waals surface area contributed by atoms with E-state index in [1.54, 1.807) is 56.7 Å². The first-order chi connectivity index (χ1) is 65.8. The lowest BCUT2D eigenvalue weighted by atomic mass is 10.0. The summed E-state index contributed by atoms with van der Waals surface area (Å²) in [5, 5.41) is 3.50. The zero-order valence-corrected chi connectivity index (χ0v) is 79.6. The molecule has 7 atom stereocenters. The van der Waals surface area contributed by atoms with Gasteiger partial charge in [-0.2, -0.15) is 0 Å². The largest absolute Gasteiger partial charge is 0.488 e. The van der Waals surface area contributed by atoms with Gasteiger partial charge in [-0.05, 0) is 183 Å². The van der Waals surface area contributed by atoms with Crippen LogP contribution >= 0.6 is 0 Å². The highest BCUT2D eigenvalue weighted by Crippen LogP contribution is 2.44. The van der Waals surface area contributed by atoms with Crippen LogP contribution in [0.25, 0.3) is 88.1 Å². The van der Waals surface area contributed by atoms with Crippen LogP contribution in [0, 0.1) is 51.0 Å². The molecule has 0 amide bonds. The van der Waals surface area contributed by atoms with Crippen LogP contribution in [0.1, 0.15) is 67.7 Å². The molecule has 4 N–H and O–H groups in total. The number of aryl methyl sites for hydroxylation is 4. The molecule has 0 spiro atoms. The molecule has 8 aromatic heterocycles. The van der Waals surface area contributed by atoms with E-state index in [2.05, 4.69) is 102 Å². The molecule has 5 fully saturated rings. The fraction of sp³-hybridized carbons (Fsp3) is 0.299. The molecule has 5 aliphatic rings. The van der Waals surface area contributed by atoms with Gasteiger partial charge in [0.2, 0.25) is 23.5 Å². The maximum Gasteiger partial charge on any atom is 0.238 e. The second-order valence-corrected chi connectivity index (χ2v) is 41.5. The van der Waals surface area contributed by atoms with Gasteiger partial charge in [0.15, 0.2) is 0 Å². The number of nitrogens with zero attached hydrogens (tertiary/aromatic N) is 12. The second kappa shape index (κ2) is 41.6. The third kappa shape index (κ3) is 22.9. The van der Waals surface area contributed by atoms with Crippen molar-refractivity contribution in [1.82, 2.24) is 59.8 Å². The fourth-order valence-electron chi connectivity index (χ4n) is 15.7. The SMILES string of the molecule is C=S(=O)(Nc1cc(-c2cc(OC3CCOCC3)c3ncnc(C)c3c2)cnc1OC)C1CC1.C=S(=O)(Nc1cc(-c2cc(O[C@@H]3CCOC3)c3ncnc(C)c3c2)cnc1OC)c1ccc(F)cc1F.C=S(=O)(Nc1cc(-c2cc(O[C@H]3CCOC3)c3ncnc(C)c3c2)cnc1OC)c1ccc(F)cc1F.C=S(C)(=O)Nc1cc(-c2cc(O[C@@H]3CCOC3)c3ncnc(C)c3c2)cnc1OC. The Labute approximate surface area is 789 Å². The summed E-state index contributed by atoms with van der Waals surface area (Å²) in [7, 11) is -5.95. The maximum absolute atomic E-state index is 14.4. The predicted molar refractivity (Wildman–Crippen MR) is 524 cm³/mol. The Balaban J connectivity index is 0.000000133. The number of aromatic nitrogens is 12. The van der Waals surface area contributed by atoms with Crippen LogP contribution in [0.15, 0.2) is 169 Å². The zero-order valence-electron chi connectivity index (χ0n) is 76.4. The smallest absolute Gasteiger partial charge is 0.238 e. The third-order valence-corrected chi connectivity index (χ3v) is 28.8. The number of pyridine rings is 4. The first kappa shape index (κ1) is 96.6. The van der Waals surface area contributed by atoms with Crippen LogP contribution in [0.2, 0.25) is 0 Å². The first-order valence-corrected chi connectivity index (χ1v) is 50.8. The van der Waals surface area contributed by atoms with Crippen molar-refractivity contribution in [3.8, 4) is 91.0 Å². The molecule has 1 saturated carbocycles. The number of benzene rings is 6. The van der Waals surface area contributed by atoms with Gasteiger partial charge in [-0.1, -0.05) is 0 Å². The lowest BCUT2D eigenvalue weighted by Crippen LogP contribution is -2.26. The lowest BCUT2D eigenvalue weighted by molar-refractivity contribution is 0.0261. The van der Waals surface area contributed by atoms with E-state index < -0.39 is 62.1 Å². The molecule has 4 saturated heterocycles. The lowest BCUT2D eigenvalue weighted by Gasteiger charge is -2.24. The molecule has 40 heteroatoms. The minimum Gasteiger partial charge on any atom is -0.488 e. The first-order valence-electron chi connectivity index (χ1n) is 43.4. The number of hydrogen-bond donors (Lipinski definition) is 4. The highest BCUT2D eigenvalue weighted by atomic mass is 32.2.